The van der Waals surface area contributed by atoms with Gasteiger partial charge in [-0.05, 0) is 53.9 Å². The Morgan fingerprint density at radius 2 is 2.00 bits per heavy atom. The average Bonchev–Trinajstić information content (AvgIpc) is 2.84. The number of nitrogens with zero attached hydrogens (tertiary/aromatic N) is 3. The van der Waals surface area contributed by atoms with Gasteiger partial charge in [0.2, 0.25) is 16.2 Å². The van der Waals surface area contributed by atoms with Gasteiger partial charge in [0.25, 0.3) is 5.91 Å². The Labute approximate surface area is 193 Å². The van der Waals surface area contributed by atoms with Crippen molar-refractivity contribution in [2.75, 3.05) is 23.4 Å². The maximum Gasteiger partial charge on any atom is 0.256 e. The second-order valence-corrected chi connectivity index (χ2v) is 8.14. The van der Waals surface area contributed by atoms with Crippen molar-refractivity contribution in [3.63, 3.8) is 0 Å². The van der Waals surface area contributed by atoms with Gasteiger partial charge in [0.1, 0.15) is 6.61 Å². The predicted molar refractivity (Wildman–Crippen MR) is 126 cm³/mol. The van der Waals surface area contributed by atoms with Gasteiger partial charge < -0.3 is 15.0 Å². The topological polar surface area (TPSA) is 116 Å². The number of ether oxygens (including phenoxy) is 1. The lowest BCUT2D eigenvalue weighted by Crippen LogP contribution is -2.29. The molecule has 0 bridgehead atoms. The zero-order valence-corrected chi connectivity index (χ0v) is 18.5. The fraction of sp³-hybridized carbons (Fsp3) is 0.125. The number of rotatable bonds is 5. The van der Waals surface area contributed by atoms with Gasteiger partial charge in [0.15, 0.2) is 5.82 Å². The minimum atomic E-state index is -2.26. The van der Waals surface area contributed by atoms with E-state index >= 15 is 0 Å². The van der Waals surface area contributed by atoms with Crippen LogP contribution in [0.3, 0.4) is 0 Å². The first-order chi connectivity index (χ1) is 16.0. The molecule has 0 fully saturated rings. The number of carbonyl (C=O) groups excluding carboxylic acids is 1. The van der Waals surface area contributed by atoms with Crippen molar-refractivity contribution in [1.82, 2.24) is 4.98 Å². The van der Waals surface area contributed by atoms with E-state index in [4.69, 9.17) is 10.00 Å². The fourth-order valence-corrected chi connectivity index (χ4v) is 3.97. The Morgan fingerprint density at radius 1 is 1.21 bits per heavy atom. The van der Waals surface area contributed by atoms with Crippen molar-refractivity contribution in [2.24, 2.45) is 0 Å². The lowest BCUT2D eigenvalue weighted by atomic mass is 9.95. The SMILES string of the molecule is Cc1c(C(=O)Nc2cccnc2N2C=C(S(=O)O)OCC2)cccc1-c1ccc(C#N)cc1. The second-order valence-electron chi connectivity index (χ2n) is 7.24. The molecule has 1 aliphatic heterocycles. The van der Waals surface area contributed by atoms with Crippen LogP contribution >= 0.6 is 0 Å². The molecule has 0 radical (unpaired) electrons. The number of pyridine rings is 1. The zero-order chi connectivity index (χ0) is 23.4. The van der Waals surface area contributed by atoms with Crippen LogP contribution in [-0.2, 0) is 15.8 Å². The molecule has 166 valence electrons. The van der Waals surface area contributed by atoms with Crippen LogP contribution in [0.1, 0.15) is 21.5 Å². The minimum Gasteiger partial charge on any atom is -0.480 e. The van der Waals surface area contributed by atoms with E-state index < -0.39 is 11.1 Å². The first-order valence-corrected chi connectivity index (χ1v) is 11.2. The second kappa shape index (κ2) is 9.65. The van der Waals surface area contributed by atoms with Gasteiger partial charge in [-0.1, -0.05) is 24.3 Å². The molecule has 1 aromatic heterocycles. The number of benzene rings is 2. The van der Waals surface area contributed by atoms with Crippen LogP contribution in [0.25, 0.3) is 11.1 Å². The number of aromatic nitrogens is 1. The summed E-state index contributed by atoms with van der Waals surface area (Å²) in [5, 5.41) is 11.9. The maximum absolute atomic E-state index is 13.2. The monoisotopic (exact) mass is 460 g/mol. The van der Waals surface area contributed by atoms with Gasteiger partial charge in [-0.15, -0.1) is 0 Å². The highest BCUT2D eigenvalue weighted by Crippen LogP contribution is 2.29. The minimum absolute atomic E-state index is 0.0739. The molecule has 1 atom stereocenters. The Hall–Kier alpha value is -4.00. The van der Waals surface area contributed by atoms with Crippen molar-refractivity contribution in [3.05, 3.63) is 88.8 Å². The Bertz CT molecular complexity index is 1300. The zero-order valence-electron chi connectivity index (χ0n) is 17.7. The molecule has 2 heterocycles. The highest BCUT2D eigenvalue weighted by molar-refractivity contribution is 7.83. The van der Waals surface area contributed by atoms with Crippen LogP contribution in [0.4, 0.5) is 11.5 Å². The van der Waals surface area contributed by atoms with Gasteiger partial charge in [0.05, 0.1) is 30.1 Å². The summed E-state index contributed by atoms with van der Waals surface area (Å²) in [5.74, 6) is 0.137. The van der Waals surface area contributed by atoms with Gasteiger partial charge in [-0.25, -0.2) is 9.19 Å². The molecule has 1 amide bonds. The molecule has 0 spiro atoms. The Morgan fingerprint density at radius 3 is 2.73 bits per heavy atom. The molecule has 33 heavy (non-hydrogen) atoms. The molecule has 9 heteroatoms. The summed E-state index contributed by atoms with van der Waals surface area (Å²) in [5.41, 5.74) is 4.14. The third-order valence-corrected chi connectivity index (χ3v) is 5.79. The molecular formula is C24H20N4O4S. The lowest BCUT2D eigenvalue weighted by Gasteiger charge is -2.26. The van der Waals surface area contributed by atoms with Gasteiger partial charge in [0, 0.05) is 11.8 Å². The molecule has 2 N–H and O–H groups in total. The van der Waals surface area contributed by atoms with Crippen molar-refractivity contribution in [2.45, 2.75) is 6.92 Å². The largest absolute Gasteiger partial charge is 0.480 e. The van der Waals surface area contributed by atoms with E-state index in [-0.39, 0.29) is 17.6 Å². The first-order valence-electron chi connectivity index (χ1n) is 10.1. The summed E-state index contributed by atoms with van der Waals surface area (Å²) in [6.07, 6.45) is 3.00. The van der Waals surface area contributed by atoms with E-state index in [1.165, 1.54) is 6.20 Å². The molecule has 0 saturated heterocycles. The normalized spacial score (nSPS) is 14.0. The number of nitrogens with one attached hydrogen (secondary N) is 1. The van der Waals surface area contributed by atoms with E-state index in [0.717, 1.165) is 16.7 Å². The molecule has 4 rings (SSSR count). The summed E-state index contributed by atoms with van der Waals surface area (Å²) < 4.78 is 25.9. The molecule has 1 aliphatic rings. The number of hydrogen-bond donors (Lipinski definition) is 2. The maximum atomic E-state index is 13.2. The first kappa shape index (κ1) is 22.2. The van der Waals surface area contributed by atoms with E-state index in [1.54, 1.807) is 41.4 Å². The standard InChI is InChI=1S/C24H20N4O4S/c1-16-19(18-9-7-17(14-25)8-10-18)4-2-5-20(16)24(29)27-21-6-3-11-26-23(21)28-12-13-32-22(15-28)33(30)31/h2-11,15H,12-13H2,1H3,(H,27,29)(H,30,31). The number of hydrogen-bond acceptors (Lipinski definition) is 6. The number of amides is 1. The Kier molecular flexibility index (Phi) is 6.49. The Balaban J connectivity index is 1.63. The van der Waals surface area contributed by atoms with Gasteiger partial charge in [-0.2, -0.15) is 5.26 Å². The lowest BCUT2D eigenvalue weighted by molar-refractivity contribution is 0.102. The number of anilines is 2. The summed E-state index contributed by atoms with van der Waals surface area (Å²) in [6.45, 7) is 2.50. The molecule has 8 nitrogen and oxygen atoms in total. The summed E-state index contributed by atoms with van der Waals surface area (Å²) in [6, 6.07) is 18.2. The third-order valence-electron chi connectivity index (χ3n) is 5.22. The molecular weight excluding hydrogens is 440 g/mol. The van der Waals surface area contributed by atoms with E-state index in [1.807, 2.05) is 31.2 Å². The number of carbonyl (C=O) groups is 1. The highest BCUT2D eigenvalue weighted by Gasteiger charge is 2.21. The highest BCUT2D eigenvalue weighted by atomic mass is 32.2. The van der Waals surface area contributed by atoms with Crippen molar-refractivity contribution in [3.8, 4) is 17.2 Å². The van der Waals surface area contributed by atoms with Crippen molar-refractivity contribution < 1.29 is 18.3 Å². The molecule has 2 aromatic carbocycles. The summed E-state index contributed by atoms with van der Waals surface area (Å²) in [4.78, 5) is 19.2. The number of nitriles is 1. The fourth-order valence-electron chi connectivity index (χ4n) is 3.57. The van der Waals surface area contributed by atoms with E-state index in [0.29, 0.717) is 29.2 Å². The van der Waals surface area contributed by atoms with Crippen molar-refractivity contribution >= 4 is 28.5 Å². The van der Waals surface area contributed by atoms with Gasteiger partial charge in [-0.3, -0.25) is 9.35 Å². The summed E-state index contributed by atoms with van der Waals surface area (Å²) in [7, 11) is 0. The van der Waals surface area contributed by atoms with E-state index in [9.17, 15) is 13.6 Å². The van der Waals surface area contributed by atoms with Crippen LogP contribution in [0, 0.1) is 18.3 Å². The third kappa shape index (κ3) is 4.77. The van der Waals surface area contributed by atoms with Crippen LogP contribution < -0.4 is 10.2 Å². The molecule has 3 aromatic rings. The predicted octanol–water partition coefficient (Wildman–Crippen LogP) is 4.04. The molecule has 1 unspecified atom stereocenters. The quantitative estimate of drug-likeness (QED) is 0.552. The van der Waals surface area contributed by atoms with Crippen LogP contribution in [0.15, 0.2) is 72.1 Å². The molecule has 0 aliphatic carbocycles. The average molecular weight is 461 g/mol. The van der Waals surface area contributed by atoms with Crippen LogP contribution in [-0.4, -0.2) is 32.8 Å². The van der Waals surface area contributed by atoms with Gasteiger partial charge >= 0.3 is 0 Å². The smallest absolute Gasteiger partial charge is 0.256 e. The van der Waals surface area contributed by atoms with Crippen LogP contribution in [0.5, 0.6) is 0 Å². The van der Waals surface area contributed by atoms with Crippen molar-refractivity contribution in [1.29, 1.82) is 5.26 Å². The van der Waals surface area contributed by atoms with E-state index in [2.05, 4.69) is 16.4 Å². The summed E-state index contributed by atoms with van der Waals surface area (Å²) >= 11 is -2.26. The van der Waals surface area contributed by atoms with Crippen LogP contribution in [0.2, 0.25) is 0 Å². The molecule has 0 saturated carbocycles.